The third-order valence-electron chi connectivity index (χ3n) is 2.10. The normalized spacial score (nSPS) is 10.2. The second-order valence-electron chi connectivity index (χ2n) is 3.35. The van der Waals surface area contributed by atoms with Crippen LogP contribution in [0.1, 0.15) is 48.5 Å². The topological polar surface area (TPSA) is 0 Å². The van der Waals surface area contributed by atoms with Crippen molar-refractivity contribution in [3.8, 4) is 0 Å². The van der Waals surface area contributed by atoms with Gasteiger partial charge in [0.25, 0.3) is 0 Å². The summed E-state index contributed by atoms with van der Waals surface area (Å²) in [6, 6.07) is 0. The lowest BCUT2D eigenvalue weighted by molar-refractivity contribution is 0.316. The van der Waals surface area contributed by atoms with Gasteiger partial charge in [-0.05, 0) is 17.8 Å². The van der Waals surface area contributed by atoms with Crippen LogP contribution in [0.2, 0.25) is 0 Å². The van der Waals surface area contributed by atoms with Gasteiger partial charge in [-0.3, -0.25) is 0 Å². The third-order valence-corrected chi connectivity index (χ3v) is 2.10. The summed E-state index contributed by atoms with van der Waals surface area (Å²) in [5, 5.41) is 0. The van der Waals surface area contributed by atoms with Gasteiger partial charge >= 0.3 is 0 Å². The highest BCUT2D eigenvalue weighted by Crippen LogP contribution is 2.18. The first-order valence-corrected chi connectivity index (χ1v) is 4.55. The van der Waals surface area contributed by atoms with Crippen molar-refractivity contribution in [1.29, 1.82) is 0 Å². The first-order valence-electron chi connectivity index (χ1n) is 4.55. The van der Waals surface area contributed by atoms with Gasteiger partial charge in [0.2, 0.25) is 0 Å². The Morgan fingerprint density at radius 1 is 0.600 bits per heavy atom. The van der Waals surface area contributed by atoms with Gasteiger partial charge in [-0.2, -0.15) is 0 Å². The SMILES string of the molecule is CC.CC(C)C(C)C(C)C. The van der Waals surface area contributed by atoms with Crippen molar-refractivity contribution in [2.75, 3.05) is 0 Å². The van der Waals surface area contributed by atoms with Gasteiger partial charge in [-0.25, -0.2) is 0 Å². The average molecular weight is 144 g/mol. The van der Waals surface area contributed by atoms with Gasteiger partial charge in [-0.1, -0.05) is 48.5 Å². The predicted octanol–water partition coefficient (Wildman–Crippen LogP) is 3.96. The molecule has 0 aromatic rings. The van der Waals surface area contributed by atoms with Crippen molar-refractivity contribution >= 4 is 0 Å². The van der Waals surface area contributed by atoms with Crippen LogP contribution in [0.3, 0.4) is 0 Å². The molecule has 0 radical (unpaired) electrons. The van der Waals surface area contributed by atoms with Crippen molar-refractivity contribution in [1.82, 2.24) is 0 Å². The lowest BCUT2D eigenvalue weighted by Crippen LogP contribution is -2.10. The van der Waals surface area contributed by atoms with Gasteiger partial charge in [-0.15, -0.1) is 0 Å². The molecular weight excluding hydrogens is 120 g/mol. The molecule has 0 N–H and O–H groups in total. The van der Waals surface area contributed by atoms with Crippen molar-refractivity contribution < 1.29 is 0 Å². The minimum atomic E-state index is 0.843. The number of hydrogen-bond donors (Lipinski definition) is 0. The number of hydrogen-bond acceptors (Lipinski definition) is 0. The van der Waals surface area contributed by atoms with E-state index in [1.165, 1.54) is 0 Å². The lowest BCUT2D eigenvalue weighted by Gasteiger charge is -2.18. The van der Waals surface area contributed by atoms with Crippen LogP contribution in [-0.4, -0.2) is 0 Å². The predicted molar refractivity (Wildman–Crippen MR) is 50.2 cm³/mol. The minimum Gasteiger partial charge on any atom is -0.0683 e. The van der Waals surface area contributed by atoms with Crippen molar-refractivity contribution in [2.45, 2.75) is 48.5 Å². The van der Waals surface area contributed by atoms with E-state index in [0.717, 1.165) is 17.8 Å². The zero-order valence-electron chi connectivity index (χ0n) is 8.73. The summed E-state index contributed by atoms with van der Waals surface area (Å²) in [5.41, 5.74) is 0. The van der Waals surface area contributed by atoms with Crippen LogP contribution in [0.5, 0.6) is 0 Å². The quantitative estimate of drug-likeness (QED) is 0.550. The molecule has 0 amide bonds. The highest BCUT2D eigenvalue weighted by Gasteiger charge is 2.09. The molecule has 0 aliphatic rings. The summed E-state index contributed by atoms with van der Waals surface area (Å²) >= 11 is 0. The summed E-state index contributed by atoms with van der Waals surface area (Å²) in [4.78, 5) is 0. The number of rotatable bonds is 2. The Kier molecular flexibility index (Phi) is 9.00. The fourth-order valence-electron chi connectivity index (χ4n) is 0.770. The first kappa shape index (κ1) is 12.7. The molecule has 0 atom stereocenters. The molecule has 0 heteroatoms. The average Bonchev–Trinajstić information content (AvgIpc) is 1.90. The van der Waals surface area contributed by atoms with E-state index >= 15 is 0 Å². The molecule has 0 saturated heterocycles. The van der Waals surface area contributed by atoms with Gasteiger partial charge in [0.15, 0.2) is 0 Å². The fraction of sp³-hybridized carbons (Fsp3) is 1.00. The molecule has 0 unspecified atom stereocenters. The fourth-order valence-corrected chi connectivity index (χ4v) is 0.770. The molecule has 0 aliphatic carbocycles. The molecule has 0 aromatic carbocycles. The van der Waals surface area contributed by atoms with Crippen LogP contribution in [-0.2, 0) is 0 Å². The van der Waals surface area contributed by atoms with E-state index in [-0.39, 0.29) is 0 Å². The van der Waals surface area contributed by atoms with E-state index in [1.807, 2.05) is 13.8 Å². The molecule has 0 nitrogen and oxygen atoms in total. The molecule has 0 rings (SSSR count). The van der Waals surface area contributed by atoms with Gasteiger partial charge in [0.05, 0.1) is 0 Å². The summed E-state index contributed by atoms with van der Waals surface area (Å²) in [6.07, 6.45) is 0. The molecule has 0 aromatic heterocycles. The molecule has 0 saturated carbocycles. The van der Waals surface area contributed by atoms with E-state index in [2.05, 4.69) is 34.6 Å². The highest BCUT2D eigenvalue weighted by atomic mass is 14.2. The van der Waals surface area contributed by atoms with Crippen LogP contribution in [0.25, 0.3) is 0 Å². The van der Waals surface area contributed by atoms with Crippen LogP contribution in [0, 0.1) is 17.8 Å². The Hall–Kier alpha value is 0. The largest absolute Gasteiger partial charge is 0.0683 e. The smallest absolute Gasteiger partial charge is 0.0396 e. The Bertz CT molecular complexity index is 45.1. The second kappa shape index (κ2) is 7.11. The Morgan fingerprint density at radius 2 is 0.800 bits per heavy atom. The summed E-state index contributed by atoms with van der Waals surface area (Å²) in [7, 11) is 0. The Balaban J connectivity index is 0. The summed E-state index contributed by atoms with van der Waals surface area (Å²) < 4.78 is 0. The molecule has 0 bridgehead atoms. The first-order chi connectivity index (χ1) is 4.55. The van der Waals surface area contributed by atoms with E-state index in [9.17, 15) is 0 Å². The molecular formula is C10H24. The van der Waals surface area contributed by atoms with Crippen LogP contribution >= 0.6 is 0 Å². The highest BCUT2D eigenvalue weighted by molar-refractivity contribution is 4.59. The van der Waals surface area contributed by atoms with E-state index < -0.39 is 0 Å². The van der Waals surface area contributed by atoms with E-state index in [0.29, 0.717) is 0 Å². The van der Waals surface area contributed by atoms with Crippen molar-refractivity contribution in [2.24, 2.45) is 17.8 Å². The molecule has 0 spiro atoms. The van der Waals surface area contributed by atoms with Crippen molar-refractivity contribution in [3.63, 3.8) is 0 Å². The Labute approximate surface area is 67.0 Å². The third kappa shape index (κ3) is 6.12. The maximum absolute atomic E-state index is 2.31. The minimum absolute atomic E-state index is 0.843. The summed E-state index contributed by atoms with van der Waals surface area (Å²) in [6.45, 7) is 15.4. The zero-order chi connectivity index (χ0) is 8.73. The summed E-state index contributed by atoms with van der Waals surface area (Å²) in [5.74, 6) is 2.56. The molecule has 0 heterocycles. The van der Waals surface area contributed by atoms with Gasteiger partial charge in [0.1, 0.15) is 0 Å². The molecule has 0 aliphatic heterocycles. The van der Waals surface area contributed by atoms with E-state index in [4.69, 9.17) is 0 Å². The standard InChI is InChI=1S/C8H18.C2H6/c1-6(2)8(5)7(3)4;1-2/h6-8H,1-5H3;1-2H3. The maximum Gasteiger partial charge on any atom is -0.0396 e. The van der Waals surface area contributed by atoms with Gasteiger partial charge < -0.3 is 0 Å². The second-order valence-corrected chi connectivity index (χ2v) is 3.35. The van der Waals surface area contributed by atoms with Crippen molar-refractivity contribution in [3.05, 3.63) is 0 Å². The molecule has 0 fully saturated rings. The van der Waals surface area contributed by atoms with E-state index in [1.54, 1.807) is 0 Å². The molecule has 10 heavy (non-hydrogen) atoms. The Morgan fingerprint density at radius 3 is 0.800 bits per heavy atom. The van der Waals surface area contributed by atoms with Crippen LogP contribution in [0.15, 0.2) is 0 Å². The van der Waals surface area contributed by atoms with Crippen LogP contribution in [0.4, 0.5) is 0 Å². The lowest BCUT2D eigenvalue weighted by atomic mass is 9.88. The zero-order valence-corrected chi connectivity index (χ0v) is 8.73. The van der Waals surface area contributed by atoms with Gasteiger partial charge in [0, 0.05) is 0 Å². The van der Waals surface area contributed by atoms with Crippen LogP contribution < -0.4 is 0 Å². The maximum atomic E-state index is 2.31. The molecule has 64 valence electrons. The monoisotopic (exact) mass is 144 g/mol.